The second kappa shape index (κ2) is 16.5. The summed E-state index contributed by atoms with van der Waals surface area (Å²) in [5, 5.41) is -0.504. The van der Waals surface area contributed by atoms with Crippen LogP contribution in [0.5, 0.6) is 0 Å². The summed E-state index contributed by atoms with van der Waals surface area (Å²) in [6, 6.07) is 19.4. The molecule has 3 saturated heterocycles. The van der Waals surface area contributed by atoms with Crippen molar-refractivity contribution in [2.45, 2.75) is 134 Å². The fourth-order valence-electron chi connectivity index (χ4n) is 7.38. The van der Waals surface area contributed by atoms with Crippen molar-refractivity contribution in [2.75, 3.05) is 20.3 Å². The van der Waals surface area contributed by atoms with Crippen LogP contribution >= 0.6 is 0 Å². The predicted octanol–water partition coefficient (Wildman–Crippen LogP) is 5.59. The molecule has 3 heterocycles. The van der Waals surface area contributed by atoms with Gasteiger partial charge in [0.25, 0.3) is 0 Å². The lowest BCUT2D eigenvalue weighted by Gasteiger charge is -2.53. The lowest BCUT2D eigenvalue weighted by molar-refractivity contribution is -0.316. The van der Waals surface area contributed by atoms with Crippen molar-refractivity contribution in [1.82, 2.24) is 0 Å². The van der Waals surface area contributed by atoms with Gasteiger partial charge < -0.3 is 46.7 Å². The number of hydrogen-bond acceptors (Lipinski definition) is 12. The summed E-state index contributed by atoms with van der Waals surface area (Å²) >= 11 is 0. The van der Waals surface area contributed by atoms with Gasteiger partial charge in [0, 0.05) is 31.0 Å². The van der Waals surface area contributed by atoms with E-state index >= 15 is 0 Å². The van der Waals surface area contributed by atoms with Crippen LogP contribution in [-0.2, 0) is 69.5 Å². The number of esters is 2. The minimum Gasteiger partial charge on any atom is -0.455 e. The smallest absolute Gasteiger partial charge is 0.349 e. The summed E-state index contributed by atoms with van der Waals surface area (Å²) < 4.78 is 63.2. The van der Waals surface area contributed by atoms with Gasteiger partial charge in [0.05, 0.1) is 26.4 Å². The molecule has 0 aromatic heterocycles. The van der Waals surface area contributed by atoms with E-state index < -0.39 is 75.8 Å². The van der Waals surface area contributed by atoms with Gasteiger partial charge in [-0.2, -0.15) is 0 Å². The molecule has 5 rings (SSSR count). The number of ether oxygens (including phenoxy) is 8. The van der Waals surface area contributed by atoms with Crippen LogP contribution in [0.2, 0.25) is 10.1 Å². The number of benzene rings is 2. The van der Waals surface area contributed by atoms with Gasteiger partial charge in [0.15, 0.2) is 24.8 Å². The molecule has 2 aromatic rings. The second-order valence-electron chi connectivity index (χ2n) is 15.3. The van der Waals surface area contributed by atoms with Crippen LogP contribution in [0.1, 0.15) is 66.5 Å². The summed E-state index contributed by atoms with van der Waals surface area (Å²) in [5.74, 6) is -1.17. The van der Waals surface area contributed by atoms with E-state index in [0.29, 0.717) is 13.2 Å². The van der Waals surface area contributed by atoms with Gasteiger partial charge in [-0.1, -0.05) is 102 Å². The molecule has 0 spiro atoms. The Balaban J connectivity index is 1.42. The Morgan fingerprint density at radius 1 is 0.706 bits per heavy atom. The van der Waals surface area contributed by atoms with E-state index in [2.05, 4.69) is 41.5 Å². The fraction of sp³-hybridized carbons (Fsp3) is 0.632. The molecule has 0 saturated carbocycles. The molecule has 3 aliphatic heterocycles. The highest BCUT2D eigenvalue weighted by molar-refractivity contribution is 6.73. The van der Waals surface area contributed by atoms with Crippen LogP contribution in [0, 0.1) is 0 Å². The Kier molecular flexibility index (Phi) is 12.8. The molecular weight excluding hydrogens is 676 g/mol. The zero-order valence-corrected chi connectivity index (χ0v) is 32.2. The van der Waals surface area contributed by atoms with Gasteiger partial charge in [0.2, 0.25) is 0 Å². The maximum absolute atomic E-state index is 12.4. The average molecular weight is 731 g/mol. The summed E-state index contributed by atoms with van der Waals surface area (Å²) in [6.45, 7) is 16.3. The normalized spacial score (nSPS) is 30.7. The number of fused-ring (bicyclic) bond motifs is 1. The van der Waals surface area contributed by atoms with Crippen molar-refractivity contribution in [1.29, 1.82) is 0 Å². The second-order valence-corrected chi connectivity index (χ2v) is 20.1. The molecule has 9 atom stereocenters. The molecule has 3 fully saturated rings. The van der Waals surface area contributed by atoms with E-state index in [1.165, 1.54) is 21.0 Å². The molecule has 2 aromatic carbocycles. The quantitative estimate of drug-likeness (QED) is 0.200. The Labute approximate surface area is 302 Å². The van der Waals surface area contributed by atoms with Gasteiger partial charge >= 0.3 is 20.5 Å². The molecule has 0 amide bonds. The molecule has 13 heteroatoms. The third kappa shape index (κ3) is 9.09. The van der Waals surface area contributed by atoms with E-state index in [1.807, 2.05) is 60.7 Å². The van der Waals surface area contributed by atoms with Crippen LogP contribution < -0.4 is 0 Å². The lowest BCUT2D eigenvalue weighted by Crippen LogP contribution is -2.65. The van der Waals surface area contributed by atoms with Crippen LogP contribution in [-0.4, -0.2) is 96.1 Å². The van der Waals surface area contributed by atoms with Crippen molar-refractivity contribution in [3.8, 4) is 0 Å². The highest BCUT2D eigenvalue weighted by Gasteiger charge is 2.65. The molecule has 0 unspecified atom stereocenters. The van der Waals surface area contributed by atoms with E-state index in [1.54, 1.807) is 0 Å². The van der Waals surface area contributed by atoms with E-state index in [9.17, 15) is 9.59 Å². The Morgan fingerprint density at radius 2 is 1.24 bits per heavy atom. The van der Waals surface area contributed by atoms with E-state index in [-0.39, 0.29) is 23.3 Å². The molecule has 0 radical (unpaired) electrons. The SMILES string of the molecule is CO[C@@H]1O[C@H](CO[C@@H]2O[C@H]3CO[Si](C(C)(C)C)(C(C)(C)C)O[C@@H]3[C@H]2OCc2ccccc2)[C@@H](OCc2ccccc2)[C@H](OC(C)=O)[C@H]1OC(C)=O. The molecule has 12 nitrogen and oxygen atoms in total. The van der Waals surface area contributed by atoms with Gasteiger partial charge in [0.1, 0.15) is 30.5 Å². The Bertz CT molecular complexity index is 1410. The molecule has 0 aliphatic carbocycles. The highest BCUT2D eigenvalue weighted by Crippen LogP contribution is 2.55. The minimum absolute atomic E-state index is 0.0683. The van der Waals surface area contributed by atoms with E-state index in [4.69, 9.17) is 46.7 Å². The first kappa shape index (κ1) is 39.5. The van der Waals surface area contributed by atoms with Gasteiger partial charge in [-0.05, 0) is 11.1 Å². The summed E-state index contributed by atoms with van der Waals surface area (Å²) in [6.07, 6.45) is -7.38. The van der Waals surface area contributed by atoms with Crippen LogP contribution in [0.15, 0.2) is 60.7 Å². The minimum atomic E-state index is -2.89. The van der Waals surface area contributed by atoms with Gasteiger partial charge in [-0.3, -0.25) is 9.59 Å². The molecular formula is C38H54O12Si. The number of hydrogen-bond donors (Lipinski definition) is 0. The van der Waals surface area contributed by atoms with Crippen molar-refractivity contribution in [3.05, 3.63) is 71.8 Å². The highest BCUT2D eigenvalue weighted by atomic mass is 28.4. The number of carbonyl (C=O) groups is 2. The first-order chi connectivity index (χ1) is 24.1. The summed E-state index contributed by atoms with van der Waals surface area (Å²) in [4.78, 5) is 24.6. The standard InChI is InChI=1S/C38H54O12Si/c1-24(39)46-32-30(42-20-26-16-12-10-13-17-26)28(48-35(41-9)34(32)47-25(2)40)22-44-36-33(43-21-27-18-14-11-15-19-27)31-29(49-36)23-45-51(50-31,37(3,4)5)38(6,7)8/h10-19,28-36H,20-23H2,1-9H3/t28-,29+,30-,31+,32+,33-,34-,35-,36-/m1/s1. The number of carbonyl (C=O) groups excluding carboxylic acids is 2. The van der Waals surface area contributed by atoms with E-state index in [0.717, 1.165) is 11.1 Å². The van der Waals surface area contributed by atoms with Crippen molar-refractivity contribution < 1.29 is 56.3 Å². The van der Waals surface area contributed by atoms with Crippen LogP contribution in [0.3, 0.4) is 0 Å². The fourth-order valence-corrected chi connectivity index (χ4v) is 12.3. The maximum atomic E-state index is 12.4. The zero-order valence-electron chi connectivity index (χ0n) is 31.2. The lowest BCUT2D eigenvalue weighted by atomic mass is 9.98. The monoisotopic (exact) mass is 730 g/mol. The largest absolute Gasteiger partial charge is 0.455 e. The zero-order chi connectivity index (χ0) is 37.0. The molecule has 282 valence electrons. The van der Waals surface area contributed by atoms with Crippen molar-refractivity contribution in [3.63, 3.8) is 0 Å². The van der Waals surface area contributed by atoms with Gasteiger partial charge in [-0.15, -0.1) is 0 Å². The van der Waals surface area contributed by atoms with Crippen LogP contribution in [0.4, 0.5) is 0 Å². The Morgan fingerprint density at radius 3 is 1.75 bits per heavy atom. The summed E-state index contributed by atoms with van der Waals surface area (Å²) in [5.41, 5.74) is 1.88. The molecule has 3 aliphatic rings. The third-order valence-corrected chi connectivity index (χ3v) is 14.5. The first-order valence-electron chi connectivity index (χ1n) is 17.6. The Hall–Kier alpha value is -2.72. The number of rotatable bonds is 12. The summed E-state index contributed by atoms with van der Waals surface area (Å²) in [7, 11) is -1.47. The maximum Gasteiger partial charge on any atom is 0.349 e. The average Bonchev–Trinajstić information content (AvgIpc) is 3.42. The van der Waals surface area contributed by atoms with Crippen molar-refractivity contribution >= 4 is 20.5 Å². The molecule has 0 N–H and O–H groups in total. The first-order valence-corrected chi connectivity index (χ1v) is 19.4. The van der Waals surface area contributed by atoms with Crippen LogP contribution in [0.25, 0.3) is 0 Å². The predicted molar refractivity (Wildman–Crippen MR) is 187 cm³/mol. The molecule has 51 heavy (non-hydrogen) atoms. The van der Waals surface area contributed by atoms with Crippen molar-refractivity contribution in [2.24, 2.45) is 0 Å². The van der Waals surface area contributed by atoms with Gasteiger partial charge in [-0.25, -0.2) is 0 Å². The third-order valence-electron chi connectivity index (χ3n) is 9.42. The molecule has 0 bridgehead atoms. The number of methoxy groups -OCH3 is 1. The topological polar surface area (TPSA) is 126 Å².